The minimum absolute atomic E-state index is 0.0140. The van der Waals surface area contributed by atoms with Gasteiger partial charge < -0.3 is 20.5 Å². The normalized spacial score (nSPS) is 25.0. The standard InChI is InChI=1S/C24H35N3O4/c28-23(19-15-18-12-13-21(19)31-18)27-20(24(29)30)9-5-3-1-2-4-8-17-11-10-16-7-6-14-25-22(16)26-17/h10-11,18-21H,1-9,12-15H2,(H,25,26)(H,27,28)(H,29,30)/t18?,19-,20?,21?/m0/s1. The Balaban J connectivity index is 1.10. The van der Waals surface area contributed by atoms with Gasteiger partial charge in [0.2, 0.25) is 5.91 Å². The van der Waals surface area contributed by atoms with E-state index < -0.39 is 12.0 Å². The van der Waals surface area contributed by atoms with Crippen LogP contribution in [0.1, 0.15) is 75.5 Å². The van der Waals surface area contributed by atoms with Crippen molar-refractivity contribution in [2.75, 3.05) is 11.9 Å². The van der Waals surface area contributed by atoms with E-state index in [1.165, 1.54) is 12.0 Å². The van der Waals surface area contributed by atoms with Crippen LogP contribution in [0.15, 0.2) is 12.1 Å². The third kappa shape index (κ3) is 5.76. The summed E-state index contributed by atoms with van der Waals surface area (Å²) in [5.74, 6) is -0.202. The highest BCUT2D eigenvalue weighted by Gasteiger charge is 2.45. The lowest BCUT2D eigenvalue weighted by Gasteiger charge is -2.21. The molecule has 4 heterocycles. The molecular formula is C24H35N3O4. The van der Waals surface area contributed by atoms with Gasteiger partial charge in [-0.2, -0.15) is 0 Å². The zero-order chi connectivity index (χ0) is 21.6. The quantitative estimate of drug-likeness (QED) is 0.466. The van der Waals surface area contributed by atoms with Crippen molar-refractivity contribution in [2.45, 2.75) is 95.3 Å². The Morgan fingerprint density at radius 1 is 1.19 bits per heavy atom. The molecule has 0 spiro atoms. The number of carbonyl (C=O) groups excluding carboxylic acids is 1. The molecule has 4 atom stereocenters. The molecule has 31 heavy (non-hydrogen) atoms. The molecule has 0 radical (unpaired) electrons. The number of carboxylic acids is 1. The average Bonchev–Trinajstić information content (AvgIpc) is 3.41. The molecule has 2 fully saturated rings. The van der Waals surface area contributed by atoms with Gasteiger partial charge in [0, 0.05) is 12.2 Å². The van der Waals surface area contributed by atoms with E-state index in [1.54, 1.807) is 0 Å². The summed E-state index contributed by atoms with van der Waals surface area (Å²) in [4.78, 5) is 28.8. The number of pyridine rings is 1. The van der Waals surface area contributed by atoms with Crippen molar-refractivity contribution in [1.29, 1.82) is 0 Å². The summed E-state index contributed by atoms with van der Waals surface area (Å²) in [5, 5.41) is 15.6. The van der Waals surface area contributed by atoms with Gasteiger partial charge in [-0.05, 0) is 63.0 Å². The number of unbranched alkanes of at least 4 members (excludes halogenated alkanes) is 4. The monoisotopic (exact) mass is 429 g/mol. The van der Waals surface area contributed by atoms with Gasteiger partial charge in [0.25, 0.3) is 0 Å². The highest BCUT2D eigenvalue weighted by atomic mass is 16.5. The van der Waals surface area contributed by atoms with Gasteiger partial charge in [-0.1, -0.05) is 31.7 Å². The summed E-state index contributed by atoms with van der Waals surface area (Å²) < 4.78 is 5.73. The molecule has 1 aromatic heterocycles. The zero-order valence-electron chi connectivity index (χ0n) is 18.3. The second-order valence-corrected chi connectivity index (χ2v) is 9.26. The predicted octanol–water partition coefficient (Wildman–Crippen LogP) is 3.46. The molecular weight excluding hydrogens is 394 g/mol. The van der Waals surface area contributed by atoms with Crippen LogP contribution in [0.25, 0.3) is 0 Å². The number of hydrogen-bond acceptors (Lipinski definition) is 5. The fraction of sp³-hybridized carbons (Fsp3) is 0.708. The van der Waals surface area contributed by atoms with Gasteiger partial charge in [-0.15, -0.1) is 0 Å². The Morgan fingerprint density at radius 3 is 2.81 bits per heavy atom. The van der Waals surface area contributed by atoms with Gasteiger partial charge in [-0.3, -0.25) is 4.79 Å². The molecule has 170 valence electrons. The Hall–Kier alpha value is -2.15. The van der Waals surface area contributed by atoms with Gasteiger partial charge >= 0.3 is 5.97 Å². The number of anilines is 1. The van der Waals surface area contributed by atoms with Crippen LogP contribution in [0, 0.1) is 5.92 Å². The molecule has 3 aliphatic rings. The molecule has 7 nitrogen and oxygen atoms in total. The van der Waals surface area contributed by atoms with E-state index in [1.807, 2.05) is 0 Å². The number of nitrogens with one attached hydrogen (secondary N) is 2. The Morgan fingerprint density at radius 2 is 2.03 bits per heavy atom. The molecule has 0 aliphatic carbocycles. The van der Waals surface area contributed by atoms with E-state index in [2.05, 4.69) is 22.8 Å². The van der Waals surface area contributed by atoms with Crippen molar-refractivity contribution in [2.24, 2.45) is 5.92 Å². The van der Waals surface area contributed by atoms with Gasteiger partial charge in [0.15, 0.2) is 0 Å². The first-order chi connectivity index (χ1) is 15.1. The molecule has 3 unspecified atom stereocenters. The second-order valence-electron chi connectivity index (χ2n) is 9.26. The van der Waals surface area contributed by atoms with E-state index in [4.69, 9.17) is 9.72 Å². The van der Waals surface area contributed by atoms with Crippen LogP contribution < -0.4 is 10.6 Å². The van der Waals surface area contributed by atoms with E-state index in [0.717, 1.165) is 82.3 Å². The number of nitrogens with zero attached hydrogens (tertiary/aromatic N) is 1. The number of amides is 1. The Kier molecular flexibility index (Phi) is 7.43. The van der Waals surface area contributed by atoms with Crippen molar-refractivity contribution in [3.05, 3.63) is 23.4 Å². The maximum atomic E-state index is 12.5. The summed E-state index contributed by atoms with van der Waals surface area (Å²) in [6.07, 6.45) is 11.7. The van der Waals surface area contributed by atoms with Crippen LogP contribution in [-0.2, 0) is 27.2 Å². The first-order valence-electron chi connectivity index (χ1n) is 12.0. The van der Waals surface area contributed by atoms with Crippen LogP contribution in [-0.4, -0.2) is 46.8 Å². The number of carboxylic acid groups (broad SMARTS) is 1. The van der Waals surface area contributed by atoms with Gasteiger partial charge in [-0.25, -0.2) is 9.78 Å². The fourth-order valence-corrected chi connectivity index (χ4v) is 5.14. The predicted molar refractivity (Wildman–Crippen MR) is 118 cm³/mol. The molecule has 2 bridgehead atoms. The van der Waals surface area contributed by atoms with Crippen LogP contribution >= 0.6 is 0 Å². The fourth-order valence-electron chi connectivity index (χ4n) is 5.14. The number of aryl methyl sites for hydroxylation is 2. The molecule has 1 aromatic rings. The Labute approximate surface area is 184 Å². The summed E-state index contributed by atoms with van der Waals surface area (Å²) in [6, 6.07) is 3.55. The average molecular weight is 430 g/mol. The topological polar surface area (TPSA) is 101 Å². The van der Waals surface area contributed by atoms with Crippen LogP contribution in [0.3, 0.4) is 0 Å². The third-order valence-electron chi connectivity index (χ3n) is 6.93. The minimum Gasteiger partial charge on any atom is -0.480 e. The van der Waals surface area contributed by atoms with Crippen LogP contribution in [0.5, 0.6) is 0 Å². The number of aliphatic carboxylic acids is 1. The van der Waals surface area contributed by atoms with E-state index in [-0.39, 0.29) is 24.0 Å². The SMILES string of the molecule is O=C(O)C(CCCCCCCc1ccc2c(n1)NCCC2)NC(=O)[C@H]1CC2CCC1O2. The second kappa shape index (κ2) is 10.4. The van der Waals surface area contributed by atoms with Crippen molar-refractivity contribution in [3.8, 4) is 0 Å². The van der Waals surface area contributed by atoms with Crippen molar-refractivity contribution >= 4 is 17.7 Å². The molecule has 0 aromatic carbocycles. The summed E-state index contributed by atoms with van der Waals surface area (Å²) >= 11 is 0. The molecule has 2 saturated heterocycles. The van der Waals surface area contributed by atoms with E-state index in [9.17, 15) is 14.7 Å². The maximum absolute atomic E-state index is 12.5. The minimum atomic E-state index is -0.940. The number of ether oxygens (including phenoxy) is 1. The number of aromatic nitrogens is 1. The Bertz CT molecular complexity index is 784. The molecule has 3 aliphatic heterocycles. The lowest BCUT2D eigenvalue weighted by Crippen LogP contribution is -2.45. The largest absolute Gasteiger partial charge is 0.480 e. The van der Waals surface area contributed by atoms with Gasteiger partial charge in [0.05, 0.1) is 18.1 Å². The number of fused-ring (bicyclic) bond motifs is 3. The highest BCUT2D eigenvalue weighted by Crippen LogP contribution is 2.38. The van der Waals surface area contributed by atoms with Gasteiger partial charge in [0.1, 0.15) is 11.9 Å². The molecule has 1 amide bonds. The van der Waals surface area contributed by atoms with Crippen molar-refractivity contribution in [3.63, 3.8) is 0 Å². The van der Waals surface area contributed by atoms with Crippen molar-refractivity contribution in [1.82, 2.24) is 10.3 Å². The van der Waals surface area contributed by atoms with E-state index in [0.29, 0.717) is 6.42 Å². The molecule has 3 N–H and O–H groups in total. The third-order valence-corrected chi connectivity index (χ3v) is 6.93. The smallest absolute Gasteiger partial charge is 0.326 e. The first kappa shape index (κ1) is 22.1. The number of hydrogen-bond donors (Lipinski definition) is 3. The summed E-state index contributed by atoms with van der Waals surface area (Å²) in [7, 11) is 0. The maximum Gasteiger partial charge on any atom is 0.326 e. The lowest BCUT2D eigenvalue weighted by molar-refractivity contribution is -0.143. The van der Waals surface area contributed by atoms with Crippen molar-refractivity contribution < 1.29 is 19.4 Å². The zero-order valence-corrected chi connectivity index (χ0v) is 18.3. The van der Waals surface area contributed by atoms with Crippen LogP contribution in [0.4, 0.5) is 5.82 Å². The number of carbonyl (C=O) groups is 2. The van der Waals surface area contributed by atoms with Crippen LogP contribution in [0.2, 0.25) is 0 Å². The summed E-state index contributed by atoms with van der Waals surface area (Å²) in [5.41, 5.74) is 2.47. The highest BCUT2D eigenvalue weighted by molar-refractivity contribution is 5.85. The molecule has 7 heteroatoms. The molecule has 4 rings (SSSR count). The summed E-state index contributed by atoms with van der Waals surface area (Å²) in [6.45, 7) is 1.01. The molecule has 0 saturated carbocycles. The lowest BCUT2D eigenvalue weighted by atomic mass is 9.88. The number of rotatable bonds is 11. The van der Waals surface area contributed by atoms with E-state index >= 15 is 0 Å². The first-order valence-corrected chi connectivity index (χ1v) is 12.0.